The number of carbonyl (C=O) groups excluding carboxylic acids is 1. The fourth-order valence-electron chi connectivity index (χ4n) is 2.31. The topological polar surface area (TPSA) is 40.5 Å². The van der Waals surface area contributed by atoms with Crippen LogP contribution in [0.15, 0.2) is 30.3 Å². The minimum atomic E-state index is -0.569. The van der Waals surface area contributed by atoms with Gasteiger partial charge < -0.3 is 9.90 Å². The molecule has 1 atom stereocenters. The zero-order valence-corrected chi connectivity index (χ0v) is 10.2. The lowest BCUT2D eigenvalue weighted by Gasteiger charge is -2.38. The molecule has 1 aromatic carbocycles. The minimum Gasteiger partial charge on any atom is -0.390 e. The number of piperidine rings is 1. The Bertz CT molecular complexity index is 365. The van der Waals surface area contributed by atoms with Crippen LogP contribution in [0.25, 0.3) is 0 Å². The summed E-state index contributed by atoms with van der Waals surface area (Å²) in [5.41, 5.74) is 0.463. The minimum absolute atomic E-state index is 0.174. The standard InChI is InChI=1S/C14H19NO2/c1-14(17)7-9-15(10-8-14)13(11-16)12-5-3-2-4-6-12/h2-6,11,13,17H,7-10H2,1H3. The molecule has 1 N–H and O–H groups in total. The SMILES string of the molecule is CC1(O)CCN(C(C=O)c2ccccc2)CC1. The van der Waals surface area contributed by atoms with Gasteiger partial charge in [0.25, 0.3) is 0 Å². The summed E-state index contributed by atoms with van der Waals surface area (Å²) in [5, 5.41) is 9.90. The summed E-state index contributed by atoms with van der Waals surface area (Å²) in [7, 11) is 0. The summed E-state index contributed by atoms with van der Waals surface area (Å²) in [6.45, 7) is 3.40. The first-order valence-corrected chi connectivity index (χ1v) is 6.09. The van der Waals surface area contributed by atoms with Gasteiger partial charge in [0.15, 0.2) is 0 Å². The molecule has 1 aromatic rings. The quantitative estimate of drug-likeness (QED) is 0.809. The molecule has 0 amide bonds. The molecule has 1 aliphatic heterocycles. The molecule has 1 saturated heterocycles. The highest BCUT2D eigenvalue weighted by atomic mass is 16.3. The van der Waals surface area contributed by atoms with Gasteiger partial charge in [0, 0.05) is 13.1 Å². The van der Waals surface area contributed by atoms with E-state index >= 15 is 0 Å². The van der Waals surface area contributed by atoms with Gasteiger partial charge in [-0.25, -0.2) is 0 Å². The number of rotatable bonds is 3. The van der Waals surface area contributed by atoms with Crippen LogP contribution in [0.3, 0.4) is 0 Å². The van der Waals surface area contributed by atoms with Crippen molar-refractivity contribution in [3.63, 3.8) is 0 Å². The largest absolute Gasteiger partial charge is 0.390 e. The van der Waals surface area contributed by atoms with Gasteiger partial charge in [0.05, 0.1) is 11.6 Å². The molecule has 3 nitrogen and oxygen atoms in total. The highest BCUT2D eigenvalue weighted by Gasteiger charge is 2.31. The number of aliphatic hydroxyl groups is 1. The zero-order chi connectivity index (χ0) is 12.3. The summed E-state index contributed by atoms with van der Waals surface area (Å²) in [6.07, 6.45) is 2.45. The van der Waals surface area contributed by atoms with E-state index in [0.29, 0.717) is 0 Å². The van der Waals surface area contributed by atoms with E-state index < -0.39 is 5.60 Å². The molecule has 17 heavy (non-hydrogen) atoms. The maximum absolute atomic E-state index is 11.3. The fraction of sp³-hybridized carbons (Fsp3) is 0.500. The Morgan fingerprint density at radius 2 is 1.88 bits per heavy atom. The van der Waals surface area contributed by atoms with E-state index in [-0.39, 0.29) is 6.04 Å². The number of aldehydes is 1. The van der Waals surface area contributed by atoms with Crippen LogP contribution in [-0.2, 0) is 4.79 Å². The lowest BCUT2D eigenvalue weighted by atomic mass is 9.92. The lowest BCUT2D eigenvalue weighted by molar-refractivity contribution is -0.114. The van der Waals surface area contributed by atoms with Crippen molar-refractivity contribution in [1.82, 2.24) is 4.90 Å². The van der Waals surface area contributed by atoms with Crippen molar-refractivity contribution < 1.29 is 9.90 Å². The van der Waals surface area contributed by atoms with Crippen molar-refractivity contribution in [2.45, 2.75) is 31.4 Å². The molecule has 0 saturated carbocycles. The van der Waals surface area contributed by atoms with Crippen molar-refractivity contribution in [1.29, 1.82) is 0 Å². The predicted octanol–water partition coefficient (Wildman–Crippen LogP) is 1.77. The Kier molecular flexibility index (Phi) is 3.60. The number of hydrogen-bond acceptors (Lipinski definition) is 3. The fourth-order valence-corrected chi connectivity index (χ4v) is 2.31. The maximum atomic E-state index is 11.3. The lowest BCUT2D eigenvalue weighted by Crippen LogP contribution is -2.44. The predicted molar refractivity (Wildman–Crippen MR) is 66.7 cm³/mol. The Labute approximate surface area is 102 Å². The van der Waals surface area contributed by atoms with E-state index in [2.05, 4.69) is 4.90 Å². The van der Waals surface area contributed by atoms with Gasteiger partial charge >= 0.3 is 0 Å². The average molecular weight is 233 g/mol. The Morgan fingerprint density at radius 3 is 2.41 bits per heavy atom. The number of benzene rings is 1. The summed E-state index contributed by atoms with van der Waals surface area (Å²) in [4.78, 5) is 13.4. The van der Waals surface area contributed by atoms with Crippen LogP contribution in [0.5, 0.6) is 0 Å². The van der Waals surface area contributed by atoms with Crippen molar-refractivity contribution in [2.24, 2.45) is 0 Å². The Morgan fingerprint density at radius 1 is 1.29 bits per heavy atom. The van der Waals surface area contributed by atoms with Gasteiger partial charge in [-0.05, 0) is 25.3 Å². The first kappa shape index (κ1) is 12.3. The van der Waals surface area contributed by atoms with E-state index in [1.807, 2.05) is 37.3 Å². The molecular formula is C14H19NO2. The Hall–Kier alpha value is -1.19. The van der Waals surface area contributed by atoms with Crippen molar-refractivity contribution in [3.05, 3.63) is 35.9 Å². The summed E-state index contributed by atoms with van der Waals surface area (Å²) in [6, 6.07) is 9.63. The third-order valence-corrected chi connectivity index (χ3v) is 3.54. The van der Waals surface area contributed by atoms with Crippen molar-refractivity contribution in [2.75, 3.05) is 13.1 Å². The van der Waals surface area contributed by atoms with Crippen molar-refractivity contribution >= 4 is 6.29 Å². The monoisotopic (exact) mass is 233 g/mol. The van der Waals surface area contributed by atoms with E-state index in [9.17, 15) is 9.90 Å². The van der Waals surface area contributed by atoms with Gasteiger partial charge in [-0.3, -0.25) is 4.90 Å². The highest BCUT2D eigenvalue weighted by Crippen LogP contribution is 2.27. The second-order valence-corrected chi connectivity index (χ2v) is 5.02. The number of likely N-dealkylation sites (tertiary alicyclic amines) is 1. The molecule has 0 aromatic heterocycles. The maximum Gasteiger partial charge on any atom is 0.141 e. The van der Waals surface area contributed by atoms with Crippen LogP contribution < -0.4 is 0 Å². The smallest absolute Gasteiger partial charge is 0.141 e. The molecule has 1 heterocycles. The van der Waals surface area contributed by atoms with Gasteiger partial charge in [0.2, 0.25) is 0 Å². The third-order valence-electron chi connectivity index (χ3n) is 3.54. The summed E-state index contributed by atoms with van der Waals surface area (Å²) < 4.78 is 0. The average Bonchev–Trinajstić information content (AvgIpc) is 2.33. The van der Waals surface area contributed by atoms with Crippen LogP contribution in [-0.4, -0.2) is 35.0 Å². The summed E-state index contributed by atoms with van der Waals surface area (Å²) >= 11 is 0. The normalized spacial score (nSPS) is 22.0. The number of carbonyl (C=O) groups is 1. The van der Waals surface area contributed by atoms with Crippen LogP contribution >= 0.6 is 0 Å². The van der Waals surface area contributed by atoms with Crippen LogP contribution in [0, 0.1) is 0 Å². The molecule has 1 fully saturated rings. The molecule has 2 rings (SSSR count). The van der Waals surface area contributed by atoms with Crippen LogP contribution in [0.1, 0.15) is 31.4 Å². The molecular weight excluding hydrogens is 214 g/mol. The molecule has 92 valence electrons. The van der Waals surface area contributed by atoms with E-state index in [1.165, 1.54) is 0 Å². The first-order valence-electron chi connectivity index (χ1n) is 6.09. The number of hydrogen-bond donors (Lipinski definition) is 1. The molecule has 0 aliphatic carbocycles. The molecule has 0 bridgehead atoms. The Balaban J connectivity index is 2.08. The molecule has 1 aliphatic rings. The molecule has 0 spiro atoms. The number of nitrogens with zero attached hydrogens (tertiary/aromatic N) is 1. The zero-order valence-electron chi connectivity index (χ0n) is 10.2. The van der Waals surface area contributed by atoms with Gasteiger partial charge in [-0.2, -0.15) is 0 Å². The third kappa shape index (κ3) is 2.93. The van der Waals surface area contributed by atoms with E-state index in [4.69, 9.17) is 0 Å². The van der Waals surface area contributed by atoms with Gasteiger partial charge in [-0.15, -0.1) is 0 Å². The van der Waals surface area contributed by atoms with E-state index in [0.717, 1.165) is 37.8 Å². The van der Waals surface area contributed by atoms with Crippen LogP contribution in [0.4, 0.5) is 0 Å². The molecule has 0 radical (unpaired) electrons. The summed E-state index contributed by atoms with van der Waals surface area (Å²) in [5.74, 6) is 0. The van der Waals surface area contributed by atoms with Crippen LogP contribution in [0.2, 0.25) is 0 Å². The highest BCUT2D eigenvalue weighted by molar-refractivity contribution is 5.61. The first-order chi connectivity index (χ1) is 8.12. The second kappa shape index (κ2) is 4.98. The van der Waals surface area contributed by atoms with Crippen molar-refractivity contribution in [3.8, 4) is 0 Å². The van der Waals surface area contributed by atoms with Gasteiger partial charge in [0.1, 0.15) is 6.29 Å². The van der Waals surface area contributed by atoms with E-state index in [1.54, 1.807) is 0 Å². The molecule has 3 heteroatoms. The second-order valence-electron chi connectivity index (χ2n) is 5.02. The molecule has 1 unspecified atom stereocenters. The van der Waals surface area contributed by atoms with Gasteiger partial charge in [-0.1, -0.05) is 30.3 Å².